The Labute approximate surface area is 56.7 Å². The second-order valence-corrected chi connectivity index (χ2v) is 1.06. The molecule has 0 aromatic rings. The van der Waals surface area contributed by atoms with Gasteiger partial charge in [-0.2, -0.15) is 12.8 Å². The Morgan fingerprint density at radius 2 is 1.43 bits per heavy atom. The molecular weight excluding hydrogens is 260 g/mol. The van der Waals surface area contributed by atoms with Crippen molar-refractivity contribution in [1.29, 1.82) is 0 Å². The van der Waals surface area contributed by atoms with Crippen molar-refractivity contribution < 1.29 is 23.2 Å². The maximum absolute atomic E-state index is 8.33. The average molecular weight is 270 g/mol. The van der Waals surface area contributed by atoms with Gasteiger partial charge in [-0.15, -0.1) is 6.42 Å². The number of hydrogen-bond donors (Lipinski definition) is 0. The third-order valence-electron chi connectivity index (χ3n) is 0.500. The topological polar surface area (TPSA) is 17.1 Å². The Kier molecular flexibility index (Phi) is 24.0. The first kappa shape index (κ1) is 10.5. The van der Waals surface area contributed by atoms with Gasteiger partial charge in [0.1, 0.15) is 0 Å². The van der Waals surface area contributed by atoms with Crippen LogP contribution in [0.4, 0.5) is 0 Å². The van der Waals surface area contributed by atoms with Crippen LogP contribution in [0.1, 0.15) is 19.3 Å². The molecule has 0 fully saturated rings. The summed E-state index contributed by atoms with van der Waals surface area (Å²) in [6.07, 6.45) is 3.23. The molecule has 0 bridgehead atoms. The zero-order chi connectivity index (χ0) is 6.12. The number of hydrogen-bond acceptors (Lipinski definition) is 1. The summed E-state index contributed by atoms with van der Waals surface area (Å²) in [6, 6.07) is 0. The van der Waals surface area contributed by atoms with Crippen LogP contribution >= 0.6 is 0 Å². The molecule has 0 saturated heterocycles. The maximum atomic E-state index is 8.33. The van der Waals surface area contributed by atoms with E-state index in [1.165, 1.54) is 6.42 Å². The summed E-state index contributed by atoms with van der Waals surface area (Å²) in [5, 5.41) is 0. The van der Waals surface area contributed by atoms with Gasteiger partial charge in [-0.05, 0) is 0 Å². The van der Waals surface area contributed by atoms with E-state index >= 15 is 0 Å². The molecule has 44 valence electrons. The van der Waals surface area contributed by atoms with Crippen LogP contribution in [0, 0.1) is 13.8 Å². The molecule has 0 aliphatic rings. The summed E-state index contributed by atoms with van der Waals surface area (Å²) in [4.78, 5) is 0. The van der Waals surface area contributed by atoms with E-state index in [1.807, 2.05) is 0 Å². The number of rotatable bonds is 2. The van der Waals surface area contributed by atoms with Gasteiger partial charge < -0.3 is 13.8 Å². The molecule has 0 aromatic heterocycles. The predicted molar refractivity (Wildman–Crippen MR) is 25.3 cm³/mol. The van der Waals surface area contributed by atoms with E-state index < -0.39 is 0 Å². The molecule has 0 saturated carbocycles. The monoisotopic (exact) mass is 270 g/mol. The zero-order valence-corrected chi connectivity index (χ0v) is 7.29. The average Bonchev–Trinajstić information content (AvgIpc) is 1.75. The molecule has 0 aliphatic carbocycles. The molecule has 0 N–H and O–H groups in total. The van der Waals surface area contributed by atoms with Gasteiger partial charge in [0.25, 0.3) is 0 Å². The van der Waals surface area contributed by atoms with Crippen molar-refractivity contribution in [1.82, 2.24) is 0 Å². The van der Waals surface area contributed by atoms with Gasteiger partial charge in [-0.1, -0.05) is 0 Å². The molecule has 0 rings (SSSR count). The zero-order valence-electron chi connectivity index (χ0n) is 4.35. The Bertz CT molecular complexity index is 22.0. The van der Waals surface area contributed by atoms with Crippen LogP contribution in [0.25, 0.3) is 0 Å². The van der Waals surface area contributed by atoms with Gasteiger partial charge in [0.15, 0.2) is 0 Å². The Hall–Kier alpha value is 0.488. The molecular formula is C5H10OW-2. The van der Waals surface area contributed by atoms with Crippen molar-refractivity contribution in [3.05, 3.63) is 13.8 Å². The van der Waals surface area contributed by atoms with Crippen molar-refractivity contribution in [3.63, 3.8) is 0 Å². The first-order valence-electron chi connectivity index (χ1n) is 2.17. The van der Waals surface area contributed by atoms with Crippen molar-refractivity contribution in [3.8, 4) is 0 Å². The van der Waals surface area contributed by atoms with Crippen molar-refractivity contribution in [2.45, 2.75) is 19.3 Å². The van der Waals surface area contributed by atoms with Gasteiger partial charge >= 0.3 is 23.2 Å². The van der Waals surface area contributed by atoms with Crippen LogP contribution in [0.5, 0.6) is 0 Å². The Balaban J connectivity index is 0. The van der Waals surface area contributed by atoms with Gasteiger partial charge in [0, 0.05) is 0 Å². The van der Waals surface area contributed by atoms with Crippen LogP contribution in [-0.4, -0.2) is 0 Å². The minimum atomic E-state index is 0.333. The Morgan fingerprint density at radius 1 is 1.14 bits per heavy atom. The molecule has 2 heteroatoms. The fraction of sp³-hybridized carbons (Fsp3) is 0.600. The molecule has 0 heterocycles. The van der Waals surface area contributed by atoms with E-state index in [9.17, 15) is 0 Å². The molecule has 0 aliphatic heterocycles. The SMILES string of the molecule is [CH2-]CCC[CH2-].[O]=[W]. The second kappa shape index (κ2) is 16.1. The molecule has 0 atom stereocenters. The fourth-order valence-electron chi connectivity index (χ4n) is 0.177. The standard InChI is InChI=1S/C5H10.O.W/c1-3-5-4-2;;/h1-5H2;;/q-2;;. The van der Waals surface area contributed by atoms with Crippen LogP contribution in [0.15, 0.2) is 0 Å². The number of unbranched alkanes of at least 4 members (excludes halogenated alkanes) is 2. The van der Waals surface area contributed by atoms with Crippen LogP contribution in [0.2, 0.25) is 0 Å². The van der Waals surface area contributed by atoms with E-state index in [-0.39, 0.29) is 0 Å². The quantitative estimate of drug-likeness (QED) is 0.698. The molecule has 0 unspecified atom stereocenters. The summed E-state index contributed by atoms with van der Waals surface area (Å²) >= 11 is 0.333. The summed E-state index contributed by atoms with van der Waals surface area (Å²) in [7, 11) is 0. The first-order valence-corrected chi connectivity index (χ1v) is 3.36. The van der Waals surface area contributed by atoms with Crippen LogP contribution < -0.4 is 0 Å². The summed E-state index contributed by atoms with van der Waals surface area (Å²) in [6.45, 7) is 7.27. The predicted octanol–water partition coefficient (Wildman–Crippen LogP) is 1.70. The molecule has 1 nitrogen and oxygen atoms in total. The second-order valence-electron chi connectivity index (χ2n) is 1.06. The summed E-state index contributed by atoms with van der Waals surface area (Å²) in [5.41, 5.74) is 0. The molecule has 0 spiro atoms. The summed E-state index contributed by atoms with van der Waals surface area (Å²) in [5.74, 6) is 0. The van der Waals surface area contributed by atoms with Gasteiger partial charge in [-0.25, -0.2) is 0 Å². The normalized spacial score (nSPS) is 6.57. The molecule has 7 heavy (non-hydrogen) atoms. The van der Waals surface area contributed by atoms with E-state index in [4.69, 9.17) is 3.40 Å². The van der Waals surface area contributed by atoms with E-state index in [2.05, 4.69) is 13.8 Å². The third-order valence-corrected chi connectivity index (χ3v) is 0.500. The Morgan fingerprint density at radius 3 is 1.43 bits per heavy atom. The van der Waals surface area contributed by atoms with Crippen molar-refractivity contribution in [2.24, 2.45) is 0 Å². The molecule has 0 aromatic carbocycles. The molecule has 0 amide bonds. The molecule has 0 radical (unpaired) electrons. The van der Waals surface area contributed by atoms with Gasteiger partial charge in [0.2, 0.25) is 0 Å². The first-order chi connectivity index (χ1) is 3.41. The van der Waals surface area contributed by atoms with Crippen LogP contribution in [-0.2, 0) is 23.2 Å². The minimum absolute atomic E-state index is 0.333. The fourth-order valence-corrected chi connectivity index (χ4v) is 0.177. The van der Waals surface area contributed by atoms with E-state index in [1.54, 1.807) is 0 Å². The van der Waals surface area contributed by atoms with E-state index in [0.29, 0.717) is 19.8 Å². The summed E-state index contributed by atoms with van der Waals surface area (Å²) < 4.78 is 8.33. The van der Waals surface area contributed by atoms with Crippen molar-refractivity contribution >= 4 is 0 Å². The van der Waals surface area contributed by atoms with Crippen LogP contribution in [0.3, 0.4) is 0 Å². The van der Waals surface area contributed by atoms with E-state index in [0.717, 1.165) is 12.8 Å². The van der Waals surface area contributed by atoms with Crippen molar-refractivity contribution in [2.75, 3.05) is 0 Å². The van der Waals surface area contributed by atoms with Gasteiger partial charge in [0.05, 0.1) is 0 Å². The van der Waals surface area contributed by atoms with Gasteiger partial charge in [-0.3, -0.25) is 0 Å². The third kappa shape index (κ3) is 21.1.